The van der Waals surface area contributed by atoms with Crippen molar-refractivity contribution in [1.82, 2.24) is 10.6 Å². The summed E-state index contributed by atoms with van der Waals surface area (Å²) in [5, 5.41) is 24.6. The van der Waals surface area contributed by atoms with Crippen molar-refractivity contribution < 1.29 is 9.50 Å². The fraction of sp³-hybridized carbons (Fsp3) is 0.269. The van der Waals surface area contributed by atoms with Crippen LogP contribution in [0, 0.1) is 17.1 Å². The highest BCUT2D eigenvalue weighted by atomic mass is 35.5. The van der Waals surface area contributed by atoms with Gasteiger partial charge in [-0.3, -0.25) is 0 Å². The van der Waals surface area contributed by atoms with Crippen LogP contribution in [0.25, 0.3) is 16.7 Å². The number of nitrogens with two attached hydrogens (primary N) is 1. The molecule has 33 heavy (non-hydrogen) atoms. The SMILES string of the molecule is CN/C(Cl)=C1/C=C(c2ccc(CCCNCCO)cc2-c2ccc(C#N)c(F)c2)C=CC1N. The van der Waals surface area contributed by atoms with Crippen molar-refractivity contribution in [2.45, 2.75) is 18.9 Å². The highest BCUT2D eigenvalue weighted by molar-refractivity contribution is 6.30. The van der Waals surface area contributed by atoms with Gasteiger partial charge in [-0.15, -0.1) is 0 Å². The van der Waals surface area contributed by atoms with E-state index in [1.807, 2.05) is 30.4 Å². The molecule has 0 spiro atoms. The molecular weight excluding hydrogens is 439 g/mol. The van der Waals surface area contributed by atoms with Gasteiger partial charge in [0, 0.05) is 19.2 Å². The molecule has 0 bridgehead atoms. The van der Waals surface area contributed by atoms with E-state index in [1.165, 1.54) is 12.1 Å². The van der Waals surface area contributed by atoms with E-state index in [-0.39, 0.29) is 18.2 Å². The number of nitrogens with one attached hydrogen (secondary N) is 2. The summed E-state index contributed by atoms with van der Waals surface area (Å²) in [7, 11) is 1.74. The Morgan fingerprint density at radius 3 is 2.73 bits per heavy atom. The molecule has 1 atom stereocenters. The minimum atomic E-state index is -0.548. The Morgan fingerprint density at radius 2 is 2.03 bits per heavy atom. The summed E-state index contributed by atoms with van der Waals surface area (Å²) in [6.45, 7) is 1.48. The van der Waals surface area contributed by atoms with E-state index < -0.39 is 5.82 Å². The smallest absolute Gasteiger partial charge is 0.141 e. The molecule has 7 heteroatoms. The van der Waals surface area contributed by atoms with Gasteiger partial charge < -0.3 is 21.5 Å². The second-order valence-corrected chi connectivity index (χ2v) is 8.15. The van der Waals surface area contributed by atoms with Crippen molar-refractivity contribution in [2.75, 3.05) is 26.7 Å². The summed E-state index contributed by atoms with van der Waals surface area (Å²) in [6.07, 6.45) is 7.52. The van der Waals surface area contributed by atoms with Crippen LogP contribution in [0.1, 0.15) is 23.1 Å². The van der Waals surface area contributed by atoms with E-state index in [4.69, 9.17) is 27.7 Å². The third-order valence-corrected chi connectivity index (χ3v) is 5.94. The highest BCUT2D eigenvalue weighted by Crippen LogP contribution is 2.35. The zero-order valence-corrected chi connectivity index (χ0v) is 19.3. The maximum absolute atomic E-state index is 14.5. The van der Waals surface area contributed by atoms with E-state index in [2.05, 4.69) is 22.8 Å². The van der Waals surface area contributed by atoms with E-state index in [1.54, 1.807) is 13.1 Å². The van der Waals surface area contributed by atoms with Crippen LogP contribution in [0.5, 0.6) is 0 Å². The summed E-state index contributed by atoms with van der Waals surface area (Å²) in [5.74, 6) is -0.548. The molecule has 5 nitrogen and oxygen atoms in total. The molecule has 0 aliphatic heterocycles. The average Bonchev–Trinajstić information content (AvgIpc) is 2.83. The summed E-state index contributed by atoms with van der Waals surface area (Å²) in [6, 6.07) is 12.4. The van der Waals surface area contributed by atoms with E-state index in [0.29, 0.717) is 17.3 Å². The van der Waals surface area contributed by atoms with E-state index in [0.717, 1.165) is 47.2 Å². The van der Waals surface area contributed by atoms with E-state index in [9.17, 15) is 4.39 Å². The van der Waals surface area contributed by atoms with Gasteiger partial charge in [-0.25, -0.2) is 4.39 Å². The molecule has 1 unspecified atom stereocenters. The van der Waals surface area contributed by atoms with Gasteiger partial charge in [-0.05, 0) is 65.4 Å². The number of nitriles is 1. The predicted molar refractivity (Wildman–Crippen MR) is 132 cm³/mol. The van der Waals surface area contributed by atoms with Crippen molar-refractivity contribution in [1.29, 1.82) is 5.26 Å². The Hall–Kier alpha value is -2.95. The van der Waals surface area contributed by atoms with Gasteiger partial charge in [-0.2, -0.15) is 5.26 Å². The van der Waals surface area contributed by atoms with Crippen molar-refractivity contribution in [2.24, 2.45) is 5.73 Å². The molecule has 0 heterocycles. The fourth-order valence-corrected chi connectivity index (χ4v) is 3.96. The zero-order valence-electron chi connectivity index (χ0n) is 18.5. The number of halogens is 2. The molecule has 0 fully saturated rings. The normalized spacial score (nSPS) is 16.8. The van der Waals surface area contributed by atoms with Gasteiger partial charge in [0.25, 0.3) is 0 Å². The number of aliphatic hydroxyl groups is 1. The summed E-state index contributed by atoms with van der Waals surface area (Å²) in [5.41, 5.74) is 11.5. The summed E-state index contributed by atoms with van der Waals surface area (Å²) in [4.78, 5) is 0. The molecule has 5 N–H and O–H groups in total. The predicted octanol–water partition coefficient (Wildman–Crippen LogP) is 3.83. The molecule has 1 aliphatic rings. The topological polar surface area (TPSA) is 94.1 Å². The Morgan fingerprint density at radius 1 is 1.21 bits per heavy atom. The number of aliphatic hydroxyl groups excluding tert-OH is 1. The standard InChI is InChI=1S/C26H28ClFN4O/c1-31-26(27)23-14-18(7-9-25(23)30)21-8-4-17(3-2-10-32-11-12-33)13-22(21)19-5-6-20(16-29)24(28)15-19/h4-9,13-15,25,31-33H,2-3,10-12,30H2,1H3/b26-23-. The Bertz CT molecular complexity index is 1130. The molecule has 0 radical (unpaired) electrons. The Balaban J connectivity index is 2.04. The van der Waals surface area contributed by atoms with Gasteiger partial charge in [0.2, 0.25) is 0 Å². The molecule has 3 rings (SSSR count). The summed E-state index contributed by atoms with van der Waals surface area (Å²) < 4.78 is 14.5. The van der Waals surface area contributed by atoms with Crippen molar-refractivity contribution in [3.63, 3.8) is 0 Å². The third-order valence-electron chi connectivity index (χ3n) is 5.53. The molecule has 0 saturated heterocycles. The minimum Gasteiger partial charge on any atom is -0.395 e. The van der Waals surface area contributed by atoms with Crippen LogP contribution in [-0.2, 0) is 6.42 Å². The quantitative estimate of drug-likeness (QED) is 0.333. The number of allylic oxidation sites excluding steroid dienone is 2. The number of hydrogen-bond donors (Lipinski definition) is 4. The number of benzene rings is 2. The average molecular weight is 467 g/mol. The van der Waals surface area contributed by atoms with Crippen molar-refractivity contribution in [3.05, 3.63) is 87.9 Å². The Labute approximate surface area is 199 Å². The largest absolute Gasteiger partial charge is 0.395 e. The molecular formula is C26H28ClFN4O. The van der Waals surface area contributed by atoms with Gasteiger partial charge in [0.15, 0.2) is 0 Å². The second-order valence-electron chi connectivity index (χ2n) is 7.77. The number of aryl methyl sites for hydroxylation is 1. The van der Waals surface area contributed by atoms with Crippen LogP contribution in [0.15, 0.2) is 65.4 Å². The molecule has 0 amide bonds. The van der Waals surface area contributed by atoms with Gasteiger partial charge >= 0.3 is 0 Å². The molecule has 0 saturated carbocycles. The number of rotatable bonds is 9. The van der Waals surface area contributed by atoms with Crippen LogP contribution in [-0.4, -0.2) is 37.9 Å². The zero-order chi connectivity index (χ0) is 23.8. The summed E-state index contributed by atoms with van der Waals surface area (Å²) >= 11 is 6.33. The third kappa shape index (κ3) is 6.10. The highest BCUT2D eigenvalue weighted by Gasteiger charge is 2.18. The van der Waals surface area contributed by atoms with E-state index >= 15 is 0 Å². The minimum absolute atomic E-state index is 0.0141. The maximum Gasteiger partial charge on any atom is 0.141 e. The lowest BCUT2D eigenvalue weighted by Crippen LogP contribution is -2.24. The lowest BCUT2D eigenvalue weighted by molar-refractivity contribution is 0.292. The van der Waals surface area contributed by atoms with Crippen molar-refractivity contribution in [3.8, 4) is 17.2 Å². The van der Waals surface area contributed by atoms with Crippen LogP contribution in [0.3, 0.4) is 0 Å². The molecule has 2 aromatic rings. The number of hydrogen-bond acceptors (Lipinski definition) is 5. The molecule has 172 valence electrons. The first kappa shape index (κ1) is 24.7. The lowest BCUT2D eigenvalue weighted by Gasteiger charge is -2.20. The molecule has 2 aromatic carbocycles. The van der Waals surface area contributed by atoms with Crippen LogP contribution >= 0.6 is 11.6 Å². The fourth-order valence-electron chi connectivity index (χ4n) is 3.78. The van der Waals surface area contributed by atoms with Crippen LogP contribution < -0.4 is 16.4 Å². The van der Waals surface area contributed by atoms with Crippen molar-refractivity contribution >= 4 is 17.2 Å². The lowest BCUT2D eigenvalue weighted by atomic mass is 9.87. The monoisotopic (exact) mass is 466 g/mol. The first-order valence-electron chi connectivity index (χ1n) is 10.9. The maximum atomic E-state index is 14.5. The number of nitrogens with zero attached hydrogens (tertiary/aromatic N) is 1. The van der Waals surface area contributed by atoms with Crippen LogP contribution in [0.4, 0.5) is 4.39 Å². The van der Waals surface area contributed by atoms with Crippen LogP contribution in [0.2, 0.25) is 0 Å². The first-order valence-corrected chi connectivity index (χ1v) is 11.2. The Kier molecular flexibility index (Phi) is 8.81. The van der Waals surface area contributed by atoms with Gasteiger partial charge in [0.05, 0.1) is 18.2 Å². The van der Waals surface area contributed by atoms with Gasteiger partial charge in [0.1, 0.15) is 17.0 Å². The second kappa shape index (κ2) is 11.8. The van der Waals surface area contributed by atoms with Gasteiger partial charge in [-0.1, -0.05) is 48.0 Å². The first-order chi connectivity index (χ1) is 16.0. The molecule has 0 aromatic heterocycles. The molecule has 1 aliphatic carbocycles.